The quantitative estimate of drug-likeness (QED) is 0.291. The van der Waals surface area contributed by atoms with Gasteiger partial charge in [0.1, 0.15) is 10.9 Å². The monoisotopic (exact) mass is 616 g/mol. The van der Waals surface area contributed by atoms with E-state index < -0.39 is 22.0 Å². The van der Waals surface area contributed by atoms with Crippen LogP contribution in [0.5, 0.6) is 0 Å². The first-order chi connectivity index (χ1) is 20.1. The number of para-hydroxylation sites is 1. The summed E-state index contributed by atoms with van der Waals surface area (Å²) in [5, 5.41) is 13.1. The lowest BCUT2D eigenvalue weighted by Gasteiger charge is -2.34. The first-order valence-electron chi connectivity index (χ1n) is 14.5. The number of carbonyl (C=O) groups excluding carboxylic acids is 1. The smallest absolute Gasteiger partial charge is 0.303 e. The molecular formula is C30H37FN4O5S2. The number of carboxylic acids is 1. The molecule has 5 rings (SSSR count). The number of thiazole rings is 1. The second-order valence-corrected chi connectivity index (χ2v) is 14.2. The second-order valence-electron chi connectivity index (χ2n) is 11.4. The van der Waals surface area contributed by atoms with Crippen LogP contribution in [0, 0.1) is 11.8 Å². The van der Waals surface area contributed by atoms with Gasteiger partial charge in [-0.05, 0) is 73.3 Å². The van der Waals surface area contributed by atoms with Crippen LogP contribution in [0.1, 0.15) is 48.7 Å². The lowest BCUT2D eigenvalue weighted by atomic mass is 9.93. The van der Waals surface area contributed by atoms with Gasteiger partial charge in [-0.15, -0.1) is 11.3 Å². The Bertz CT molecular complexity index is 1520. The van der Waals surface area contributed by atoms with Gasteiger partial charge >= 0.3 is 5.97 Å². The van der Waals surface area contributed by atoms with Gasteiger partial charge in [0.2, 0.25) is 15.9 Å². The van der Waals surface area contributed by atoms with E-state index in [4.69, 9.17) is 0 Å². The number of amides is 1. The van der Waals surface area contributed by atoms with Gasteiger partial charge in [0.15, 0.2) is 0 Å². The zero-order valence-corrected chi connectivity index (χ0v) is 25.3. The van der Waals surface area contributed by atoms with Crippen molar-refractivity contribution in [1.29, 1.82) is 0 Å². The minimum absolute atomic E-state index is 0.0241. The van der Waals surface area contributed by atoms with Crippen molar-refractivity contribution in [2.75, 3.05) is 31.6 Å². The molecule has 2 atom stereocenters. The summed E-state index contributed by atoms with van der Waals surface area (Å²) >= 11 is 1.43. The number of alkyl halides is 1. The Balaban J connectivity index is 1.46. The maximum Gasteiger partial charge on any atom is 0.303 e. The molecule has 2 aliphatic rings. The van der Waals surface area contributed by atoms with Gasteiger partial charge in [-0.2, -0.15) is 4.72 Å². The number of benzene rings is 2. The van der Waals surface area contributed by atoms with Crippen LogP contribution in [0.4, 0.5) is 10.1 Å². The minimum atomic E-state index is -4.21. The molecule has 1 aromatic heterocycles. The van der Waals surface area contributed by atoms with Crippen molar-refractivity contribution in [3.8, 4) is 0 Å². The van der Waals surface area contributed by atoms with E-state index in [1.54, 1.807) is 4.90 Å². The summed E-state index contributed by atoms with van der Waals surface area (Å²) in [6.45, 7) is 3.17. The molecule has 9 nitrogen and oxygen atoms in total. The molecule has 0 aliphatic carbocycles. The minimum Gasteiger partial charge on any atom is -0.481 e. The van der Waals surface area contributed by atoms with Crippen LogP contribution in [-0.4, -0.2) is 67.6 Å². The number of carboxylic acid groups (broad SMARTS) is 1. The number of halogens is 1. The lowest BCUT2D eigenvalue weighted by molar-refractivity contribution is -0.137. The number of nitrogens with one attached hydrogen (secondary N) is 2. The average Bonchev–Trinajstić information content (AvgIpc) is 3.37. The van der Waals surface area contributed by atoms with E-state index in [1.165, 1.54) is 17.4 Å². The molecule has 1 amide bonds. The number of aromatic nitrogens is 1. The number of aryl methyl sites for hydroxylation is 1. The van der Waals surface area contributed by atoms with E-state index in [0.717, 1.165) is 15.8 Å². The fraction of sp³-hybridized carbons (Fsp3) is 0.500. The van der Waals surface area contributed by atoms with Gasteiger partial charge in [0, 0.05) is 32.5 Å². The molecule has 0 spiro atoms. The van der Waals surface area contributed by atoms with Gasteiger partial charge < -0.3 is 15.3 Å². The highest BCUT2D eigenvalue weighted by molar-refractivity contribution is 7.89. The summed E-state index contributed by atoms with van der Waals surface area (Å²) in [5.41, 5.74) is 2.73. The van der Waals surface area contributed by atoms with Crippen molar-refractivity contribution in [3.05, 3.63) is 52.5 Å². The molecule has 3 aromatic rings. The third kappa shape index (κ3) is 7.09. The van der Waals surface area contributed by atoms with Gasteiger partial charge in [-0.1, -0.05) is 25.1 Å². The summed E-state index contributed by atoms with van der Waals surface area (Å²) in [6, 6.07) is 9.93. The summed E-state index contributed by atoms with van der Waals surface area (Å²) in [7, 11) is -4.21. The highest BCUT2D eigenvalue weighted by atomic mass is 32.2. The Morgan fingerprint density at radius 1 is 1.24 bits per heavy atom. The summed E-state index contributed by atoms with van der Waals surface area (Å²) in [6.07, 6.45) is 2.65. The highest BCUT2D eigenvalue weighted by Crippen LogP contribution is 2.34. The molecule has 12 heteroatoms. The number of carbonyl (C=O) groups is 2. The third-order valence-electron chi connectivity index (χ3n) is 8.11. The van der Waals surface area contributed by atoms with Gasteiger partial charge in [0.25, 0.3) is 0 Å². The zero-order valence-electron chi connectivity index (χ0n) is 23.6. The van der Waals surface area contributed by atoms with Crippen molar-refractivity contribution in [3.63, 3.8) is 0 Å². The lowest BCUT2D eigenvalue weighted by Crippen LogP contribution is -2.51. The first kappa shape index (κ1) is 30.4. The molecular weight excluding hydrogens is 579 g/mol. The molecule has 1 saturated heterocycles. The van der Waals surface area contributed by atoms with Crippen molar-refractivity contribution < 1.29 is 27.5 Å². The van der Waals surface area contributed by atoms with E-state index in [-0.39, 0.29) is 48.6 Å². The molecule has 3 heterocycles. The van der Waals surface area contributed by atoms with E-state index in [9.17, 15) is 27.5 Å². The van der Waals surface area contributed by atoms with E-state index >= 15 is 0 Å². The van der Waals surface area contributed by atoms with Crippen molar-refractivity contribution in [2.45, 2.75) is 62.8 Å². The van der Waals surface area contributed by atoms with Gasteiger partial charge in [-0.25, -0.2) is 13.4 Å². The van der Waals surface area contributed by atoms with E-state index in [1.807, 2.05) is 30.3 Å². The number of hydrogen-bond donors (Lipinski definition) is 3. The third-order valence-corrected chi connectivity index (χ3v) is 10.7. The second kappa shape index (κ2) is 13.0. The van der Waals surface area contributed by atoms with Crippen LogP contribution in [-0.2, 0) is 38.9 Å². The summed E-state index contributed by atoms with van der Waals surface area (Å²) in [5.74, 6) is -0.788. The van der Waals surface area contributed by atoms with Crippen molar-refractivity contribution >= 4 is 49.1 Å². The van der Waals surface area contributed by atoms with E-state index in [2.05, 4.69) is 21.9 Å². The maximum atomic E-state index is 14.1. The standard InChI is InChI=1S/C30H37FN4O5S2/c1-19-14-22-15-21(6-7-28(36)37)16-26(29(22)32-18-19)42(39,40)34-24(17-27-33-23-4-2-3-5-25(23)41-27)30(38)35-12-9-20(8-11-31)10-13-35/h2-5,15-16,19-20,24,32,34H,6-14,17-18H2,1H3,(H,36,37). The number of hydrogen-bond acceptors (Lipinski definition) is 7. The number of piperidine rings is 1. The van der Waals surface area contributed by atoms with Crippen LogP contribution >= 0.6 is 11.3 Å². The highest BCUT2D eigenvalue weighted by Gasteiger charge is 2.34. The molecule has 2 aliphatic heterocycles. The summed E-state index contributed by atoms with van der Waals surface area (Å²) in [4.78, 5) is 31.5. The van der Waals surface area contributed by atoms with Crippen LogP contribution in [0.25, 0.3) is 10.2 Å². The largest absolute Gasteiger partial charge is 0.481 e. The first-order valence-corrected chi connectivity index (χ1v) is 16.8. The average molecular weight is 617 g/mol. The Morgan fingerprint density at radius 3 is 2.71 bits per heavy atom. The summed E-state index contributed by atoms with van der Waals surface area (Å²) < 4.78 is 44.7. The Kier molecular flexibility index (Phi) is 9.44. The van der Waals surface area contributed by atoms with Crippen LogP contribution in [0.3, 0.4) is 0 Å². The Morgan fingerprint density at radius 2 is 2.00 bits per heavy atom. The van der Waals surface area contributed by atoms with Crippen LogP contribution in [0.2, 0.25) is 0 Å². The predicted molar refractivity (Wildman–Crippen MR) is 161 cm³/mol. The fourth-order valence-electron chi connectivity index (χ4n) is 5.86. The zero-order chi connectivity index (χ0) is 29.9. The molecule has 0 radical (unpaired) electrons. The predicted octanol–water partition coefficient (Wildman–Crippen LogP) is 4.41. The molecule has 2 aromatic carbocycles. The number of rotatable bonds is 11. The van der Waals surface area contributed by atoms with Gasteiger partial charge in [0.05, 0.1) is 27.6 Å². The number of anilines is 1. The molecule has 1 fully saturated rings. The topological polar surface area (TPSA) is 129 Å². The normalized spacial score (nSPS) is 18.4. The molecule has 226 valence electrons. The van der Waals surface area contributed by atoms with Crippen LogP contribution in [0.15, 0.2) is 41.3 Å². The number of likely N-dealkylation sites (tertiary alicyclic amines) is 1. The molecule has 3 N–H and O–H groups in total. The number of aliphatic carboxylic acids is 1. The van der Waals surface area contributed by atoms with Crippen LogP contribution < -0.4 is 10.0 Å². The Hall–Kier alpha value is -3.09. The molecule has 42 heavy (non-hydrogen) atoms. The van der Waals surface area contributed by atoms with E-state index in [0.29, 0.717) is 61.6 Å². The number of fused-ring (bicyclic) bond motifs is 2. The SMILES string of the molecule is CC1CNc2c(cc(CCC(=O)O)cc2S(=O)(=O)NC(Cc2nc3ccccc3s2)C(=O)N2CCC(CCF)CC2)C1. The fourth-order valence-corrected chi connectivity index (χ4v) is 8.34. The van der Waals surface area contributed by atoms with Crippen molar-refractivity contribution in [2.24, 2.45) is 11.8 Å². The molecule has 0 saturated carbocycles. The van der Waals surface area contributed by atoms with Gasteiger partial charge in [-0.3, -0.25) is 14.0 Å². The maximum absolute atomic E-state index is 14.1. The molecule has 0 bridgehead atoms. The molecule has 2 unspecified atom stereocenters. The number of sulfonamides is 1. The van der Waals surface area contributed by atoms with Crippen molar-refractivity contribution in [1.82, 2.24) is 14.6 Å². The Labute approximate surface area is 249 Å². The number of nitrogens with zero attached hydrogens (tertiary/aromatic N) is 2.